The van der Waals surface area contributed by atoms with E-state index in [2.05, 4.69) is 16.3 Å². The van der Waals surface area contributed by atoms with Crippen LogP contribution in [-0.2, 0) is 12.0 Å². The summed E-state index contributed by atoms with van der Waals surface area (Å²) in [5.41, 5.74) is 1.74. The van der Waals surface area contributed by atoms with E-state index in [9.17, 15) is 4.39 Å². The van der Waals surface area contributed by atoms with E-state index in [4.69, 9.17) is 0 Å². The van der Waals surface area contributed by atoms with Gasteiger partial charge in [-0.3, -0.25) is 4.90 Å². The van der Waals surface area contributed by atoms with Crippen LogP contribution in [-0.4, -0.2) is 31.1 Å². The lowest BCUT2D eigenvalue weighted by Crippen LogP contribution is -2.42. The van der Waals surface area contributed by atoms with Crippen molar-refractivity contribution in [2.75, 3.05) is 26.2 Å². The third kappa shape index (κ3) is 3.30. The summed E-state index contributed by atoms with van der Waals surface area (Å²) in [4.78, 5) is 2.36. The molecule has 1 heterocycles. The Bertz CT molecular complexity index is 403. The summed E-state index contributed by atoms with van der Waals surface area (Å²) in [7, 11) is 0. The highest BCUT2D eigenvalue weighted by Crippen LogP contribution is 2.25. The lowest BCUT2D eigenvalue weighted by Gasteiger charge is -2.27. The second kappa shape index (κ2) is 5.37. The number of hydrogen-bond acceptors (Lipinski definition) is 2. The van der Waals surface area contributed by atoms with E-state index in [1.165, 1.54) is 0 Å². The fraction of sp³-hybridized carbons (Fsp3) is 0.600. The second-order valence-corrected chi connectivity index (χ2v) is 6.09. The Morgan fingerprint density at radius 2 is 1.89 bits per heavy atom. The van der Waals surface area contributed by atoms with E-state index in [1.807, 2.05) is 26.8 Å². The summed E-state index contributed by atoms with van der Waals surface area (Å²) in [5.74, 6) is -0.0739. The van der Waals surface area contributed by atoms with E-state index in [1.54, 1.807) is 6.07 Å². The van der Waals surface area contributed by atoms with Crippen LogP contribution in [0.25, 0.3) is 0 Å². The van der Waals surface area contributed by atoms with Crippen molar-refractivity contribution in [3.63, 3.8) is 0 Å². The maximum Gasteiger partial charge on any atom is 0.127 e. The summed E-state index contributed by atoms with van der Waals surface area (Å²) in [6, 6.07) is 5.70. The molecule has 0 spiro atoms. The molecule has 0 bridgehead atoms. The Kier molecular flexibility index (Phi) is 4.03. The smallest absolute Gasteiger partial charge is 0.127 e. The molecule has 0 atom stereocenters. The summed E-state index contributed by atoms with van der Waals surface area (Å²) < 4.78 is 14.1. The molecular weight excluding hydrogens is 227 g/mol. The van der Waals surface area contributed by atoms with Gasteiger partial charge in [-0.15, -0.1) is 0 Å². The third-order valence-corrected chi connectivity index (χ3v) is 3.46. The Morgan fingerprint density at radius 3 is 2.44 bits per heavy atom. The van der Waals surface area contributed by atoms with Crippen LogP contribution in [0.4, 0.5) is 4.39 Å². The molecule has 1 aliphatic rings. The minimum atomic E-state index is -0.127. The molecule has 0 saturated carbocycles. The molecule has 3 heteroatoms. The number of rotatable bonds is 2. The molecule has 100 valence electrons. The minimum Gasteiger partial charge on any atom is -0.314 e. The van der Waals surface area contributed by atoms with Gasteiger partial charge in [0.05, 0.1) is 0 Å². The molecule has 1 saturated heterocycles. The zero-order valence-electron chi connectivity index (χ0n) is 11.6. The molecule has 1 aliphatic heterocycles. The van der Waals surface area contributed by atoms with Gasteiger partial charge in [-0.25, -0.2) is 4.39 Å². The number of hydrogen-bond donors (Lipinski definition) is 1. The summed E-state index contributed by atoms with van der Waals surface area (Å²) in [6.07, 6.45) is 0. The largest absolute Gasteiger partial charge is 0.314 e. The van der Waals surface area contributed by atoms with Gasteiger partial charge in [-0.1, -0.05) is 32.9 Å². The van der Waals surface area contributed by atoms with E-state index in [0.717, 1.165) is 43.9 Å². The topological polar surface area (TPSA) is 15.3 Å². The van der Waals surface area contributed by atoms with Gasteiger partial charge < -0.3 is 5.32 Å². The van der Waals surface area contributed by atoms with Crippen molar-refractivity contribution < 1.29 is 4.39 Å². The number of halogens is 1. The highest BCUT2D eigenvalue weighted by molar-refractivity contribution is 5.29. The van der Waals surface area contributed by atoms with Crippen LogP contribution in [0.15, 0.2) is 18.2 Å². The van der Waals surface area contributed by atoms with Crippen LogP contribution in [0, 0.1) is 5.82 Å². The van der Waals surface area contributed by atoms with Gasteiger partial charge in [-0.05, 0) is 22.6 Å². The predicted molar refractivity (Wildman–Crippen MR) is 73.2 cm³/mol. The summed E-state index contributed by atoms with van der Waals surface area (Å²) in [5, 5.41) is 3.33. The first-order valence-corrected chi connectivity index (χ1v) is 6.69. The maximum atomic E-state index is 14.1. The van der Waals surface area contributed by atoms with Gasteiger partial charge in [0.1, 0.15) is 5.82 Å². The molecule has 1 aromatic rings. The SMILES string of the molecule is CC(C)(C)c1ccc(CN2CCNCC2)cc1F. The van der Waals surface area contributed by atoms with Crippen molar-refractivity contribution >= 4 is 0 Å². The molecule has 0 unspecified atom stereocenters. The van der Waals surface area contributed by atoms with Crippen molar-refractivity contribution in [2.45, 2.75) is 32.7 Å². The van der Waals surface area contributed by atoms with E-state index >= 15 is 0 Å². The lowest BCUT2D eigenvalue weighted by atomic mass is 9.86. The van der Waals surface area contributed by atoms with E-state index < -0.39 is 0 Å². The third-order valence-electron chi connectivity index (χ3n) is 3.46. The molecule has 1 aromatic carbocycles. The Hall–Kier alpha value is -0.930. The van der Waals surface area contributed by atoms with Gasteiger partial charge >= 0.3 is 0 Å². The standard InChI is InChI=1S/C15H23FN2/c1-15(2,3)13-5-4-12(10-14(13)16)11-18-8-6-17-7-9-18/h4-5,10,17H,6-9,11H2,1-3H3. The van der Waals surface area contributed by atoms with Crippen LogP contribution >= 0.6 is 0 Å². The number of piperazine rings is 1. The average Bonchev–Trinajstić information content (AvgIpc) is 2.28. The van der Waals surface area contributed by atoms with Crippen molar-refractivity contribution in [1.29, 1.82) is 0 Å². The van der Waals surface area contributed by atoms with Crippen LogP contribution in [0.2, 0.25) is 0 Å². The first kappa shape index (κ1) is 13.5. The fourth-order valence-corrected chi connectivity index (χ4v) is 2.39. The molecule has 18 heavy (non-hydrogen) atoms. The predicted octanol–water partition coefficient (Wildman–Crippen LogP) is 2.53. The number of nitrogens with one attached hydrogen (secondary N) is 1. The minimum absolute atomic E-state index is 0.0739. The van der Waals surface area contributed by atoms with Gasteiger partial charge in [0.2, 0.25) is 0 Å². The monoisotopic (exact) mass is 250 g/mol. The molecular formula is C15H23FN2. The van der Waals surface area contributed by atoms with Crippen molar-refractivity contribution in [2.24, 2.45) is 0 Å². The molecule has 0 aromatic heterocycles. The summed E-state index contributed by atoms with van der Waals surface area (Å²) >= 11 is 0. The van der Waals surface area contributed by atoms with E-state index in [-0.39, 0.29) is 11.2 Å². The summed E-state index contributed by atoms with van der Waals surface area (Å²) in [6.45, 7) is 11.1. The second-order valence-electron chi connectivity index (χ2n) is 6.09. The molecule has 1 fully saturated rings. The van der Waals surface area contributed by atoms with Crippen LogP contribution in [0.3, 0.4) is 0 Å². The Balaban J connectivity index is 2.08. The molecule has 0 aliphatic carbocycles. The first-order chi connectivity index (χ1) is 8.47. The van der Waals surface area contributed by atoms with Crippen molar-refractivity contribution in [3.05, 3.63) is 35.1 Å². The molecule has 2 rings (SSSR count). The quantitative estimate of drug-likeness (QED) is 0.867. The fourth-order valence-electron chi connectivity index (χ4n) is 2.39. The van der Waals surface area contributed by atoms with Crippen molar-refractivity contribution in [1.82, 2.24) is 10.2 Å². The highest BCUT2D eigenvalue weighted by atomic mass is 19.1. The first-order valence-electron chi connectivity index (χ1n) is 6.69. The Labute approximate surface area is 109 Å². The van der Waals surface area contributed by atoms with Gasteiger partial charge in [0.15, 0.2) is 0 Å². The van der Waals surface area contributed by atoms with Crippen LogP contribution in [0.1, 0.15) is 31.9 Å². The molecule has 0 amide bonds. The average molecular weight is 250 g/mol. The van der Waals surface area contributed by atoms with Gasteiger partial charge in [0, 0.05) is 32.7 Å². The number of nitrogens with zero attached hydrogens (tertiary/aromatic N) is 1. The molecule has 2 nitrogen and oxygen atoms in total. The van der Waals surface area contributed by atoms with Gasteiger partial charge in [0.25, 0.3) is 0 Å². The highest BCUT2D eigenvalue weighted by Gasteiger charge is 2.19. The molecule has 0 radical (unpaired) electrons. The Morgan fingerprint density at radius 1 is 1.22 bits per heavy atom. The van der Waals surface area contributed by atoms with Gasteiger partial charge in [-0.2, -0.15) is 0 Å². The lowest BCUT2D eigenvalue weighted by molar-refractivity contribution is 0.233. The van der Waals surface area contributed by atoms with Crippen molar-refractivity contribution in [3.8, 4) is 0 Å². The van der Waals surface area contributed by atoms with Crippen LogP contribution < -0.4 is 5.32 Å². The zero-order valence-corrected chi connectivity index (χ0v) is 11.6. The maximum absolute atomic E-state index is 14.1. The van der Waals surface area contributed by atoms with E-state index in [0.29, 0.717) is 0 Å². The zero-order chi connectivity index (χ0) is 13.2. The molecule has 1 N–H and O–H groups in total. The normalized spacial score (nSPS) is 18.0. The number of benzene rings is 1. The van der Waals surface area contributed by atoms with Crippen LogP contribution in [0.5, 0.6) is 0 Å².